The average Bonchev–Trinajstić information content (AvgIpc) is 2.12. The molecule has 0 aromatic carbocycles. The Morgan fingerprint density at radius 1 is 1.07 bits per heavy atom. The zero-order valence-electron chi connectivity index (χ0n) is 8.87. The molecule has 4 fully saturated rings. The highest BCUT2D eigenvalue weighted by atomic mass is 16.5. The minimum absolute atomic E-state index is 0.558. The van der Waals surface area contributed by atoms with Gasteiger partial charge in [0.15, 0.2) is 0 Å². The Kier molecular flexibility index (Phi) is 1.90. The zero-order chi connectivity index (χ0) is 9.60. The van der Waals surface area contributed by atoms with Gasteiger partial charge < -0.3 is 4.74 Å². The van der Waals surface area contributed by atoms with Crippen molar-refractivity contribution in [2.45, 2.75) is 38.5 Å². The first-order valence-electron chi connectivity index (χ1n) is 6.02. The van der Waals surface area contributed by atoms with E-state index in [4.69, 9.17) is 4.74 Å². The quantitative estimate of drug-likeness (QED) is 0.623. The van der Waals surface area contributed by atoms with E-state index in [2.05, 4.69) is 6.58 Å². The minimum atomic E-state index is 0.558. The summed E-state index contributed by atoms with van der Waals surface area (Å²) < 4.78 is 5.48. The highest BCUT2D eigenvalue weighted by molar-refractivity contribution is 5.01. The Morgan fingerprint density at radius 2 is 1.57 bits per heavy atom. The third-order valence-electron chi connectivity index (χ3n) is 4.67. The van der Waals surface area contributed by atoms with Gasteiger partial charge in [-0.1, -0.05) is 6.58 Å². The molecule has 78 valence electrons. The first-order chi connectivity index (χ1) is 6.80. The van der Waals surface area contributed by atoms with Gasteiger partial charge in [-0.05, 0) is 56.3 Å². The van der Waals surface area contributed by atoms with Gasteiger partial charge in [-0.2, -0.15) is 0 Å². The van der Waals surface area contributed by atoms with Gasteiger partial charge >= 0.3 is 0 Å². The largest absolute Gasteiger partial charge is 0.501 e. The maximum absolute atomic E-state index is 5.48. The van der Waals surface area contributed by atoms with Crippen molar-refractivity contribution < 1.29 is 4.74 Å². The smallest absolute Gasteiger partial charge is 0.0929 e. The lowest BCUT2D eigenvalue weighted by Gasteiger charge is -2.56. The molecule has 1 heteroatoms. The van der Waals surface area contributed by atoms with E-state index >= 15 is 0 Å². The maximum atomic E-state index is 5.48. The third kappa shape index (κ3) is 1.29. The number of rotatable bonds is 3. The molecule has 0 aromatic rings. The third-order valence-corrected chi connectivity index (χ3v) is 4.67. The molecule has 4 aliphatic rings. The van der Waals surface area contributed by atoms with E-state index in [0.29, 0.717) is 5.41 Å². The van der Waals surface area contributed by atoms with Crippen LogP contribution in [0.15, 0.2) is 12.8 Å². The first kappa shape index (κ1) is 8.82. The van der Waals surface area contributed by atoms with Crippen molar-refractivity contribution in [1.82, 2.24) is 0 Å². The fraction of sp³-hybridized carbons (Fsp3) is 0.846. The summed E-state index contributed by atoms with van der Waals surface area (Å²) in [6.45, 7) is 4.60. The van der Waals surface area contributed by atoms with E-state index in [9.17, 15) is 0 Å². The van der Waals surface area contributed by atoms with Crippen LogP contribution in [0.1, 0.15) is 38.5 Å². The Labute approximate surface area is 86.5 Å². The van der Waals surface area contributed by atoms with Crippen LogP contribution >= 0.6 is 0 Å². The topological polar surface area (TPSA) is 9.23 Å². The van der Waals surface area contributed by atoms with Gasteiger partial charge in [0.25, 0.3) is 0 Å². The highest BCUT2D eigenvalue weighted by Gasteiger charge is 2.51. The number of ether oxygens (including phenoxy) is 1. The first-order valence-corrected chi connectivity index (χ1v) is 6.02. The van der Waals surface area contributed by atoms with Crippen molar-refractivity contribution >= 4 is 0 Å². The molecule has 0 radical (unpaired) electrons. The van der Waals surface area contributed by atoms with E-state index < -0.39 is 0 Å². The van der Waals surface area contributed by atoms with E-state index in [-0.39, 0.29) is 0 Å². The lowest BCUT2D eigenvalue weighted by molar-refractivity contribution is -0.0821. The zero-order valence-corrected chi connectivity index (χ0v) is 8.87. The second-order valence-corrected chi connectivity index (χ2v) is 5.90. The van der Waals surface area contributed by atoms with Crippen molar-refractivity contribution in [1.29, 1.82) is 0 Å². The number of hydrogen-bond acceptors (Lipinski definition) is 1. The van der Waals surface area contributed by atoms with E-state index in [1.165, 1.54) is 38.5 Å². The van der Waals surface area contributed by atoms with Crippen LogP contribution < -0.4 is 0 Å². The van der Waals surface area contributed by atoms with Crippen LogP contribution in [0.4, 0.5) is 0 Å². The SMILES string of the molecule is C=COCC12CC3CC(CC(C3)C1)C2. The Balaban J connectivity index is 1.77. The summed E-state index contributed by atoms with van der Waals surface area (Å²) in [5, 5.41) is 0. The van der Waals surface area contributed by atoms with Crippen LogP contribution in [-0.4, -0.2) is 6.61 Å². The van der Waals surface area contributed by atoms with Gasteiger partial charge in [-0.3, -0.25) is 0 Å². The van der Waals surface area contributed by atoms with Gasteiger partial charge in [0.1, 0.15) is 0 Å². The molecule has 0 amide bonds. The summed E-state index contributed by atoms with van der Waals surface area (Å²) in [5.41, 5.74) is 0.558. The van der Waals surface area contributed by atoms with Crippen molar-refractivity contribution in [3.05, 3.63) is 12.8 Å². The second kappa shape index (κ2) is 3.01. The lowest BCUT2D eigenvalue weighted by atomic mass is 9.50. The molecule has 4 aliphatic carbocycles. The molecule has 0 saturated heterocycles. The molecule has 0 heterocycles. The molecule has 0 unspecified atom stereocenters. The van der Waals surface area contributed by atoms with Crippen molar-refractivity contribution in [3.63, 3.8) is 0 Å². The van der Waals surface area contributed by atoms with E-state index in [0.717, 1.165) is 24.4 Å². The molecule has 4 saturated carbocycles. The van der Waals surface area contributed by atoms with Gasteiger partial charge in [-0.15, -0.1) is 0 Å². The molecule has 0 aromatic heterocycles. The van der Waals surface area contributed by atoms with Crippen LogP contribution in [-0.2, 0) is 4.74 Å². The molecule has 0 aliphatic heterocycles. The second-order valence-electron chi connectivity index (χ2n) is 5.90. The lowest BCUT2D eigenvalue weighted by Crippen LogP contribution is -2.48. The summed E-state index contributed by atoms with van der Waals surface area (Å²) >= 11 is 0. The Morgan fingerprint density at radius 3 is 2.00 bits per heavy atom. The summed E-state index contributed by atoms with van der Waals surface area (Å²) in [4.78, 5) is 0. The van der Waals surface area contributed by atoms with Gasteiger partial charge in [0.05, 0.1) is 12.9 Å². The van der Waals surface area contributed by atoms with Crippen LogP contribution in [0.2, 0.25) is 0 Å². The van der Waals surface area contributed by atoms with E-state index in [1.54, 1.807) is 6.26 Å². The maximum Gasteiger partial charge on any atom is 0.0929 e. The molecular weight excluding hydrogens is 172 g/mol. The van der Waals surface area contributed by atoms with Crippen molar-refractivity contribution in [2.75, 3.05) is 6.61 Å². The van der Waals surface area contributed by atoms with Gasteiger partial charge in [0, 0.05) is 5.41 Å². The normalized spacial score (nSPS) is 49.3. The molecule has 0 spiro atoms. The summed E-state index contributed by atoms with van der Waals surface area (Å²) in [7, 11) is 0. The van der Waals surface area contributed by atoms with Crippen LogP contribution in [0.3, 0.4) is 0 Å². The summed E-state index contributed by atoms with van der Waals surface area (Å²) in [6.07, 6.45) is 10.5. The van der Waals surface area contributed by atoms with Crippen molar-refractivity contribution in [3.8, 4) is 0 Å². The monoisotopic (exact) mass is 192 g/mol. The highest BCUT2D eigenvalue weighted by Crippen LogP contribution is 2.59. The fourth-order valence-electron chi connectivity index (χ4n) is 4.70. The van der Waals surface area contributed by atoms with Crippen LogP contribution in [0.25, 0.3) is 0 Å². The molecule has 0 atom stereocenters. The summed E-state index contributed by atoms with van der Waals surface area (Å²) in [5.74, 6) is 3.11. The van der Waals surface area contributed by atoms with Gasteiger partial charge in [0.2, 0.25) is 0 Å². The molecule has 0 N–H and O–H groups in total. The van der Waals surface area contributed by atoms with Crippen LogP contribution in [0, 0.1) is 23.2 Å². The standard InChI is InChI=1S/C13H20O/c1-2-14-9-13-6-10-3-11(7-13)5-12(4-10)8-13/h2,10-12H,1,3-9H2. The number of hydrogen-bond donors (Lipinski definition) is 0. The molecule has 4 bridgehead atoms. The van der Waals surface area contributed by atoms with Gasteiger partial charge in [-0.25, -0.2) is 0 Å². The fourth-order valence-corrected chi connectivity index (χ4v) is 4.70. The minimum Gasteiger partial charge on any atom is -0.501 e. The molecule has 14 heavy (non-hydrogen) atoms. The molecule has 4 rings (SSSR count). The molecule has 1 nitrogen and oxygen atoms in total. The molecular formula is C13H20O. The summed E-state index contributed by atoms with van der Waals surface area (Å²) in [6, 6.07) is 0. The Bertz CT molecular complexity index is 208. The predicted octanol–water partition coefficient (Wildman–Crippen LogP) is 3.36. The Hall–Kier alpha value is -0.460. The van der Waals surface area contributed by atoms with E-state index in [1.807, 2.05) is 0 Å². The average molecular weight is 192 g/mol. The van der Waals surface area contributed by atoms with Crippen LogP contribution in [0.5, 0.6) is 0 Å². The predicted molar refractivity (Wildman–Crippen MR) is 56.8 cm³/mol. The van der Waals surface area contributed by atoms with Crippen molar-refractivity contribution in [2.24, 2.45) is 23.2 Å².